The van der Waals surface area contributed by atoms with Gasteiger partial charge in [-0.15, -0.1) is 0 Å². The summed E-state index contributed by atoms with van der Waals surface area (Å²) >= 11 is 0. The molecule has 0 saturated heterocycles. The second-order valence-electron chi connectivity index (χ2n) is 2.94. The van der Waals surface area contributed by atoms with Crippen LogP contribution in [0.15, 0.2) is 24.7 Å². The third-order valence-corrected chi connectivity index (χ3v) is 1.89. The van der Waals surface area contributed by atoms with Crippen LogP contribution in [0.3, 0.4) is 0 Å². The van der Waals surface area contributed by atoms with Crippen LogP contribution in [0.2, 0.25) is 0 Å². The van der Waals surface area contributed by atoms with Gasteiger partial charge in [-0.25, -0.2) is 14.6 Å². The molecule has 0 aliphatic rings. The summed E-state index contributed by atoms with van der Waals surface area (Å²) in [5.41, 5.74) is 7.15. The molecule has 0 saturated carbocycles. The van der Waals surface area contributed by atoms with E-state index in [1.807, 2.05) is 19.2 Å². The number of aromatic nitrogens is 4. The van der Waals surface area contributed by atoms with Gasteiger partial charge < -0.3 is 5.73 Å². The largest absolute Gasteiger partial charge is 0.325 e. The predicted molar refractivity (Wildman–Crippen MR) is 51.8 cm³/mol. The lowest BCUT2D eigenvalue weighted by Crippen LogP contribution is -2.01. The minimum Gasteiger partial charge on any atom is -0.325 e. The molecule has 0 bridgehead atoms. The van der Waals surface area contributed by atoms with Crippen LogP contribution < -0.4 is 5.73 Å². The van der Waals surface area contributed by atoms with Crippen LogP contribution >= 0.6 is 0 Å². The summed E-state index contributed by atoms with van der Waals surface area (Å²) in [5.74, 6) is 0.750. The van der Waals surface area contributed by atoms with Crippen molar-refractivity contribution in [2.24, 2.45) is 5.73 Å². The Morgan fingerprint density at radius 1 is 1.36 bits per heavy atom. The molecule has 0 fully saturated rings. The average molecular weight is 189 g/mol. The van der Waals surface area contributed by atoms with E-state index >= 15 is 0 Å². The van der Waals surface area contributed by atoms with Crippen LogP contribution in [0.5, 0.6) is 0 Å². The molecular weight excluding hydrogens is 178 g/mol. The quantitative estimate of drug-likeness (QED) is 0.743. The van der Waals surface area contributed by atoms with Crippen LogP contribution in [-0.2, 0) is 6.54 Å². The highest BCUT2D eigenvalue weighted by molar-refractivity contribution is 5.24. The summed E-state index contributed by atoms with van der Waals surface area (Å²) in [7, 11) is 0. The molecule has 0 aromatic carbocycles. The van der Waals surface area contributed by atoms with Gasteiger partial charge in [-0.3, -0.25) is 0 Å². The Bertz CT molecular complexity index is 417. The Labute approximate surface area is 81.6 Å². The highest BCUT2D eigenvalue weighted by Gasteiger charge is 1.99. The highest BCUT2D eigenvalue weighted by atomic mass is 15.3. The van der Waals surface area contributed by atoms with Crippen molar-refractivity contribution in [3.05, 3.63) is 36.2 Å². The fourth-order valence-electron chi connectivity index (χ4n) is 1.12. The summed E-state index contributed by atoms with van der Waals surface area (Å²) in [6, 6.07) is 1.87. The SMILES string of the molecule is Cc1ncc(-n2ccc(CN)n2)cn1. The zero-order chi connectivity index (χ0) is 9.97. The van der Waals surface area contributed by atoms with E-state index in [0.717, 1.165) is 17.2 Å². The first-order valence-electron chi connectivity index (χ1n) is 4.33. The van der Waals surface area contributed by atoms with Gasteiger partial charge in [-0.1, -0.05) is 0 Å². The van der Waals surface area contributed by atoms with Crippen LogP contribution in [0, 0.1) is 6.92 Å². The van der Waals surface area contributed by atoms with Gasteiger partial charge in [0.2, 0.25) is 0 Å². The smallest absolute Gasteiger partial charge is 0.125 e. The first-order valence-corrected chi connectivity index (χ1v) is 4.33. The number of hydrogen-bond acceptors (Lipinski definition) is 4. The monoisotopic (exact) mass is 189 g/mol. The van der Waals surface area contributed by atoms with E-state index in [9.17, 15) is 0 Å². The molecular formula is C9H11N5. The number of hydrogen-bond donors (Lipinski definition) is 1. The highest BCUT2D eigenvalue weighted by Crippen LogP contribution is 2.04. The van der Waals surface area contributed by atoms with E-state index in [1.165, 1.54) is 0 Å². The van der Waals surface area contributed by atoms with E-state index in [4.69, 9.17) is 5.73 Å². The second-order valence-corrected chi connectivity index (χ2v) is 2.94. The van der Waals surface area contributed by atoms with Gasteiger partial charge in [-0.05, 0) is 13.0 Å². The van der Waals surface area contributed by atoms with Crippen molar-refractivity contribution in [2.75, 3.05) is 0 Å². The van der Waals surface area contributed by atoms with Gasteiger partial charge in [0.25, 0.3) is 0 Å². The van der Waals surface area contributed by atoms with Gasteiger partial charge in [0.1, 0.15) is 11.5 Å². The predicted octanol–water partition coefficient (Wildman–Crippen LogP) is 0.429. The van der Waals surface area contributed by atoms with Crippen molar-refractivity contribution in [3.8, 4) is 5.69 Å². The Hall–Kier alpha value is -1.75. The number of nitrogens with two attached hydrogens (primary N) is 1. The van der Waals surface area contributed by atoms with E-state index in [-0.39, 0.29) is 0 Å². The third-order valence-electron chi connectivity index (χ3n) is 1.89. The Morgan fingerprint density at radius 3 is 2.64 bits per heavy atom. The topological polar surface area (TPSA) is 69.6 Å². The molecule has 0 spiro atoms. The third kappa shape index (κ3) is 1.62. The Morgan fingerprint density at radius 2 is 2.07 bits per heavy atom. The average Bonchev–Trinajstić information content (AvgIpc) is 2.67. The van der Waals surface area contributed by atoms with Gasteiger partial charge in [0.05, 0.1) is 18.1 Å². The fourth-order valence-corrected chi connectivity index (χ4v) is 1.12. The molecule has 2 rings (SSSR count). The first-order chi connectivity index (χ1) is 6.79. The second kappa shape index (κ2) is 3.55. The van der Waals surface area contributed by atoms with Crippen LogP contribution in [0.1, 0.15) is 11.5 Å². The van der Waals surface area contributed by atoms with Crippen molar-refractivity contribution >= 4 is 0 Å². The van der Waals surface area contributed by atoms with Crippen LogP contribution in [-0.4, -0.2) is 19.7 Å². The number of nitrogens with zero attached hydrogens (tertiary/aromatic N) is 4. The van der Waals surface area contributed by atoms with Crippen LogP contribution in [0.25, 0.3) is 5.69 Å². The van der Waals surface area contributed by atoms with E-state index in [1.54, 1.807) is 17.1 Å². The zero-order valence-corrected chi connectivity index (χ0v) is 7.88. The molecule has 14 heavy (non-hydrogen) atoms. The summed E-state index contributed by atoms with van der Waals surface area (Å²) in [6.07, 6.45) is 5.31. The minimum absolute atomic E-state index is 0.444. The van der Waals surface area contributed by atoms with Crippen molar-refractivity contribution < 1.29 is 0 Å². The first kappa shape index (κ1) is 8.83. The Balaban J connectivity index is 2.34. The molecule has 0 aliphatic carbocycles. The van der Waals surface area contributed by atoms with Crippen molar-refractivity contribution in [1.29, 1.82) is 0 Å². The zero-order valence-electron chi connectivity index (χ0n) is 7.88. The molecule has 72 valence electrons. The number of rotatable bonds is 2. The maximum atomic E-state index is 5.46. The summed E-state index contributed by atoms with van der Waals surface area (Å²) in [4.78, 5) is 8.17. The van der Waals surface area contributed by atoms with Gasteiger partial charge in [0, 0.05) is 12.7 Å². The molecule has 0 radical (unpaired) electrons. The molecule has 5 nitrogen and oxygen atoms in total. The lowest BCUT2D eigenvalue weighted by molar-refractivity contribution is 0.819. The van der Waals surface area contributed by atoms with Gasteiger partial charge in [0.15, 0.2) is 0 Å². The van der Waals surface area contributed by atoms with Gasteiger partial charge >= 0.3 is 0 Å². The van der Waals surface area contributed by atoms with Crippen molar-refractivity contribution in [3.63, 3.8) is 0 Å². The van der Waals surface area contributed by atoms with E-state index in [0.29, 0.717) is 6.54 Å². The van der Waals surface area contributed by atoms with Crippen LogP contribution in [0.4, 0.5) is 0 Å². The molecule has 2 heterocycles. The lowest BCUT2D eigenvalue weighted by atomic mass is 10.4. The van der Waals surface area contributed by atoms with Gasteiger partial charge in [-0.2, -0.15) is 5.10 Å². The molecule has 0 amide bonds. The standard InChI is InChI=1S/C9H11N5/c1-7-11-5-9(6-12-7)14-3-2-8(4-10)13-14/h2-3,5-6H,4,10H2,1H3. The normalized spacial score (nSPS) is 10.4. The number of aryl methyl sites for hydroxylation is 1. The molecule has 2 aromatic rings. The molecule has 0 aliphatic heterocycles. The summed E-state index contributed by atoms with van der Waals surface area (Å²) < 4.78 is 1.71. The fraction of sp³-hybridized carbons (Fsp3) is 0.222. The maximum absolute atomic E-state index is 5.46. The lowest BCUT2D eigenvalue weighted by Gasteiger charge is -1.99. The molecule has 0 atom stereocenters. The van der Waals surface area contributed by atoms with Crippen molar-refractivity contribution in [1.82, 2.24) is 19.7 Å². The summed E-state index contributed by atoms with van der Waals surface area (Å²) in [5, 5.41) is 4.24. The Kier molecular flexibility index (Phi) is 2.24. The molecule has 0 unspecified atom stereocenters. The van der Waals surface area contributed by atoms with Crippen molar-refractivity contribution in [2.45, 2.75) is 13.5 Å². The molecule has 2 aromatic heterocycles. The minimum atomic E-state index is 0.444. The molecule has 2 N–H and O–H groups in total. The molecule has 5 heteroatoms. The maximum Gasteiger partial charge on any atom is 0.125 e. The van der Waals surface area contributed by atoms with E-state index in [2.05, 4.69) is 15.1 Å². The van der Waals surface area contributed by atoms with E-state index < -0.39 is 0 Å². The summed E-state index contributed by atoms with van der Waals surface area (Å²) in [6.45, 7) is 2.29.